The topological polar surface area (TPSA) is 51.8 Å². The molecule has 1 fully saturated rings. The number of anilines is 1. The van der Waals surface area contributed by atoms with E-state index in [0.29, 0.717) is 19.8 Å². The van der Waals surface area contributed by atoms with Crippen LogP contribution < -0.4 is 15.6 Å². The summed E-state index contributed by atoms with van der Waals surface area (Å²) in [4.78, 5) is 0. The second-order valence-corrected chi connectivity index (χ2v) is 4.97. The lowest BCUT2D eigenvalue weighted by Gasteiger charge is -2.12. The van der Waals surface area contributed by atoms with Gasteiger partial charge in [0, 0.05) is 12.2 Å². The summed E-state index contributed by atoms with van der Waals surface area (Å²) in [5, 5.41) is 0. The molecular weight excluding hydrogens is 280 g/mol. The van der Waals surface area contributed by atoms with Gasteiger partial charge in [0.25, 0.3) is 0 Å². The number of nitrogens with one attached hydrogen (secondary N) is 2. The number of para-hydroxylation sites is 1. The smallest absolute Gasteiger partial charge is 0.191 e. The van der Waals surface area contributed by atoms with Crippen molar-refractivity contribution in [2.45, 2.75) is 12.8 Å². The number of benzene rings is 2. The van der Waals surface area contributed by atoms with Gasteiger partial charge in [0.15, 0.2) is 6.29 Å². The van der Waals surface area contributed by atoms with Gasteiger partial charge >= 0.3 is 0 Å². The van der Waals surface area contributed by atoms with Gasteiger partial charge in [-0.2, -0.15) is 0 Å². The van der Waals surface area contributed by atoms with E-state index in [1.54, 1.807) is 0 Å². The van der Waals surface area contributed by atoms with Crippen molar-refractivity contribution in [3.05, 3.63) is 60.2 Å². The van der Waals surface area contributed by atoms with Crippen molar-refractivity contribution < 1.29 is 14.2 Å². The predicted molar refractivity (Wildman–Crippen MR) is 84.5 cm³/mol. The number of hydrogen-bond acceptors (Lipinski definition) is 5. The van der Waals surface area contributed by atoms with Gasteiger partial charge in [-0.3, -0.25) is 0 Å². The molecule has 1 aliphatic rings. The fourth-order valence-corrected chi connectivity index (χ4v) is 2.14. The summed E-state index contributed by atoms with van der Waals surface area (Å²) in [6.07, 6.45) is -0.239. The van der Waals surface area contributed by atoms with Gasteiger partial charge in [-0.05, 0) is 29.8 Å². The maximum absolute atomic E-state index is 5.63. The Morgan fingerprint density at radius 3 is 2.41 bits per heavy atom. The molecule has 0 saturated carbocycles. The van der Waals surface area contributed by atoms with Gasteiger partial charge in [0.2, 0.25) is 0 Å². The summed E-state index contributed by atoms with van der Waals surface area (Å²) in [5.41, 5.74) is 8.55. The first-order valence-corrected chi connectivity index (χ1v) is 7.39. The van der Waals surface area contributed by atoms with Crippen molar-refractivity contribution in [1.29, 1.82) is 0 Å². The molecule has 0 radical (unpaired) electrons. The average molecular weight is 300 g/mol. The van der Waals surface area contributed by atoms with Crippen molar-refractivity contribution in [3.63, 3.8) is 0 Å². The van der Waals surface area contributed by atoms with Crippen LogP contribution in [0.2, 0.25) is 0 Å². The van der Waals surface area contributed by atoms with Crippen LogP contribution in [-0.4, -0.2) is 26.1 Å². The summed E-state index contributed by atoms with van der Waals surface area (Å²) < 4.78 is 16.3. The van der Waals surface area contributed by atoms with Crippen molar-refractivity contribution in [2.75, 3.05) is 25.2 Å². The van der Waals surface area contributed by atoms with E-state index in [1.165, 1.54) is 5.56 Å². The molecule has 1 aliphatic heterocycles. The summed E-state index contributed by atoms with van der Waals surface area (Å²) in [6.45, 7) is 2.44. The molecule has 1 heterocycles. The number of ether oxygens (including phenoxy) is 3. The zero-order valence-electron chi connectivity index (χ0n) is 12.3. The van der Waals surface area contributed by atoms with Crippen molar-refractivity contribution in [3.8, 4) is 5.75 Å². The highest BCUT2D eigenvalue weighted by molar-refractivity contribution is 5.41. The molecule has 0 aliphatic carbocycles. The Hall–Kier alpha value is -2.08. The first-order valence-electron chi connectivity index (χ1n) is 7.39. The molecule has 0 unspecified atom stereocenters. The molecule has 5 nitrogen and oxygen atoms in total. The van der Waals surface area contributed by atoms with Crippen LogP contribution in [0.15, 0.2) is 54.6 Å². The monoisotopic (exact) mass is 300 g/mol. The van der Waals surface area contributed by atoms with Gasteiger partial charge in [-0.1, -0.05) is 30.3 Å². The Bertz CT molecular complexity index is 554. The third-order valence-corrected chi connectivity index (χ3v) is 3.30. The zero-order chi connectivity index (χ0) is 15.0. The van der Waals surface area contributed by atoms with E-state index in [4.69, 9.17) is 14.2 Å². The van der Waals surface area contributed by atoms with Crippen LogP contribution in [0, 0.1) is 0 Å². The Balaban J connectivity index is 1.41. The Morgan fingerprint density at radius 1 is 0.955 bits per heavy atom. The minimum absolute atomic E-state index is 0.239. The lowest BCUT2D eigenvalue weighted by atomic mass is 10.2. The van der Waals surface area contributed by atoms with E-state index in [9.17, 15) is 0 Å². The van der Waals surface area contributed by atoms with E-state index in [-0.39, 0.29) is 6.29 Å². The maximum Gasteiger partial charge on any atom is 0.191 e. The lowest BCUT2D eigenvalue weighted by Crippen LogP contribution is -2.20. The molecular formula is C17H20N2O3. The molecule has 116 valence electrons. The third-order valence-electron chi connectivity index (χ3n) is 3.30. The molecule has 22 heavy (non-hydrogen) atoms. The Kier molecular flexibility index (Phi) is 5.26. The predicted octanol–water partition coefficient (Wildman–Crippen LogP) is 2.56. The highest BCUT2D eigenvalue weighted by Crippen LogP contribution is 2.14. The van der Waals surface area contributed by atoms with Gasteiger partial charge in [-0.15, -0.1) is 0 Å². The van der Waals surface area contributed by atoms with Crippen molar-refractivity contribution in [1.82, 2.24) is 5.43 Å². The summed E-state index contributed by atoms with van der Waals surface area (Å²) in [6, 6.07) is 18.0. The van der Waals surface area contributed by atoms with Crippen molar-refractivity contribution in [2.24, 2.45) is 0 Å². The number of hydrazine groups is 1. The van der Waals surface area contributed by atoms with E-state index in [1.807, 2.05) is 54.6 Å². The lowest BCUT2D eigenvalue weighted by molar-refractivity contribution is -0.0684. The first-order chi connectivity index (χ1) is 10.9. The van der Waals surface area contributed by atoms with E-state index in [0.717, 1.165) is 18.0 Å². The van der Waals surface area contributed by atoms with Crippen LogP contribution in [0.25, 0.3) is 0 Å². The number of rotatable bonds is 7. The molecule has 2 aromatic carbocycles. The van der Waals surface area contributed by atoms with E-state index >= 15 is 0 Å². The largest absolute Gasteiger partial charge is 0.488 e. The minimum atomic E-state index is -0.239. The van der Waals surface area contributed by atoms with Crippen LogP contribution in [-0.2, 0) is 16.0 Å². The van der Waals surface area contributed by atoms with Gasteiger partial charge in [0.1, 0.15) is 12.4 Å². The summed E-state index contributed by atoms with van der Waals surface area (Å²) >= 11 is 0. The van der Waals surface area contributed by atoms with Gasteiger partial charge in [0.05, 0.1) is 13.2 Å². The quantitative estimate of drug-likeness (QED) is 0.770. The molecule has 0 aromatic heterocycles. The molecule has 0 bridgehead atoms. The van der Waals surface area contributed by atoms with Crippen LogP contribution >= 0.6 is 0 Å². The second-order valence-electron chi connectivity index (χ2n) is 4.97. The van der Waals surface area contributed by atoms with Crippen LogP contribution in [0.4, 0.5) is 5.69 Å². The summed E-state index contributed by atoms with van der Waals surface area (Å²) in [7, 11) is 0. The average Bonchev–Trinajstić information content (AvgIpc) is 3.09. The zero-order valence-corrected chi connectivity index (χ0v) is 12.3. The maximum atomic E-state index is 5.63. The van der Waals surface area contributed by atoms with Gasteiger partial charge in [-0.25, -0.2) is 5.43 Å². The number of hydrogen-bond donors (Lipinski definition) is 2. The molecule has 1 saturated heterocycles. The molecule has 0 atom stereocenters. The summed E-state index contributed by atoms with van der Waals surface area (Å²) in [5.74, 6) is 0.818. The molecule has 0 spiro atoms. The molecule has 0 amide bonds. The van der Waals surface area contributed by atoms with E-state index < -0.39 is 0 Å². The Labute approximate surface area is 130 Å². The van der Waals surface area contributed by atoms with E-state index in [2.05, 4.69) is 10.9 Å². The Morgan fingerprint density at radius 2 is 1.68 bits per heavy atom. The van der Waals surface area contributed by atoms with Crippen LogP contribution in [0.1, 0.15) is 5.56 Å². The highest BCUT2D eigenvalue weighted by Gasteiger charge is 2.16. The fourth-order valence-electron chi connectivity index (χ4n) is 2.14. The standard InChI is InChI=1S/C17H20N2O3/c1-2-4-15(5-3-1)19-18-12-14-6-8-16(9-7-14)22-13-17-20-10-11-21-17/h1-9,17-19H,10-13H2. The third kappa shape index (κ3) is 4.46. The SMILES string of the molecule is c1ccc(NNCc2ccc(OCC3OCCO3)cc2)cc1. The van der Waals surface area contributed by atoms with Gasteiger partial charge < -0.3 is 19.6 Å². The van der Waals surface area contributed by atoms with Crippen molar-refractivity contribution >= 4 is 5.69 Å². The molecule has 3 rings (SSSR count). The van der Waals surface area contributed by atoms with Crippen LogP contribution in [0.5, 0.6) is 5.75 Å². The van der Waals surface area contributed by atoms with Crippen LogP contribution in [0.3, 0.4) is 0 Å². The minimum Gasteiger partial charge on any atom is -0.488 e. The molecule has 2 aromatic rings. The second kappa shape index (κ2) is 7.79. The normalized spacial score (nSPS) is 14.9. The molecule has 5 heteroatoms. The highest BCUT2D eigenvalue weighted by atomic mass is 16.7. The first kappa shape index (κ1) is 14.8. The molecule has 2 N–H and O–H groups in total. The fraction of sp³-hybridized carbons (Fsp3) is 0.294.